The Balaban J connectivity index is 1.67. The highest BCUT2D eigenvalue weighted by atomic mass is 35.5. The fourth-order valence-electron chi connectivity index (χ4n) is 2.71. The van der Waals surface area contributed by atoms with Crippen LogP contribution in [0.3, 0.4) is 0 Å². The first-order valence-electron chi connectivity index (χ1n) is 8.67. The number of halogens is 2. The number of rotatable bonds is 5. The SMILES string of the molecule is Cc1cc(C(=O)Nc2ccc(NC(=O)c3ccc(Cl)cc3Cl)cc2)ccc1[N+](=O)[O-]. The molecule has 2 N–H and O–H groups in total. The van der Waals surface area contributed by atoms with Crippen molar-refractivity contribution < 1.29 is 14.5 Å². The third kappa shape index (κ3) is 4.94. The average Bonchev–Trinajstić information content (AvgIpc) is 2.69. The summed E-state index contributed by atoms with van der Waals surface area (Å²) in [4.78, 5) is 35.1. The molecule has 0 spiro atoms. The molecule has 0 unspecified atom stereocenters. The summed E-state index contributed by atoms with van der Waals surface area (Å²) in [7, 11) is 0. The molecule has 3 aromatic rings. The van der Waals surface area contributed by atoms with Gasteiger partial charge in [-0.15, -0.1) is 0 Å². The lowest BCUT2D eigenvalue weighted by Crippen LogP contribution is -2.13. The molecule has 0 aliphatic carbocycles. The molecule has 3 rings (SSSR count). The van der Waals surface area contributed by atoms with Gasteiger partial charge in [-0.25, -0.2) is 0 Å². The number of benzene rings is 3. The Morgan fingerprint density at radius 3 is 2.00 bits per heavy atom. The van der Waals surface area contributed by atoms with E-state index in [4.69, 9.17) is 23.2 Å². The molecular weight excluding hydrogens is 429 g/mol. The van der Waals surface area contributed by atoms with Crippen LogP contribution in [0.15, 0.2) is 60.7 Å². The van der Waals surface area contributed by atoms with Crippen molar-refractivity contribution in [1.29, 1.82) is 0 Å². The molecular formula is C21H15Cl2N3O4. The molecule has 3 aromatic carbocycles. The highest BCUT2D eigenvalue weighted by Gasteiger charge is 2.14. The summed E-state index contributed by atoms with van der Waals surface area (Å²) >= 11 is 11.9. The number of nitro groups is 1. The largest absolute Gasteiger partial charge is 0.322 e. The van der Waals surface area contributed by atoms with E-state index in [0.29, 0.717) is 27.5 Å². The fraction of sp³-hybridized carbons (Fsp3) is 0.0476. The van der Waals surface area contributed by atoms with E-state index in [1.165, 1.54) is 30.3 Å². The molecule has 0 aliphatic rings. The minimum absolute atomic E-state index is 0.0487. The average molecular weight is 444 g/mol. The molecule has 0 fully saturated rings. The van der Waals surface area contributed by atoms with Crippen molar-refractivity contribution in [3.8, 4) is 0 Å². The molecule has 2 amide bonds. The van der Waals surface area contributed by atoms with Crippen molar-refractivity contribution in [2.45, 2.75) is 6.92 Å². The van der Waals surface area contributed by atoms with Crippen molar-refractivity contribution in [2.24, 2.45) is 0 Å². The number of anilines is 2. The van der Waals surface area contributed by atoms with E-state index in [-0.39, 0.29) is 16.3 Å². The van der Waals surface area contributed by atoms with E-state index in [2.05, 4.69) is 10.6 Å². The van der Waals surface area contributed by atoms with Crippen LogP contribution in [0, 0.1) is 17.0 Å². The van der Waals surface area contributed by atoms with Gasteiger partial charge in [0.25, 0.3) is 17.5 Å². The second kappa shape index (κ2) is 8.94. The minimum Gasteiger partial charge on any atom is -0.322 e. The summed E-state index contributed by atoms with van der Waals surface area (Å²) < 4.78 is 0. The number of amides is 2. The van der Waals surface area contributed by atoms with E-state index in [1.54, 1.807) is 37.3 Å². The standard InChI is InChI=1S/C21H15Cl2N3O4/c1-12-10-13(2-9-19(12)26(29)30)20(27)24-15-4-6-16(7-5-15)25-21(28)17-8-3-14(22)11-18(17)23/h2-11H,1H3,(H,24,27)(H,25,28). The van der Waals surface area contributed by atoms with Crippen molar-refractivity contribution in [3.05, 3.63) is 97.5 Å². The zero-order chi connectivity index (χ0) is 21.8. The molecule has 7 nitrogen and oxygen atoms in total. The van der Waals surface area contributed by atoms with Gasteiger partial charge in [0.2, 0.25) is 0 Å². The Morgan fingerprint density at radius 2 is 1.47 bits per heavy atom. The van der Waals surface area contributed by atoms with E-state index in [0.717, 1.165) is 0 Å². The third-order valence-electron chi connectivity index (χ3n) is 4.23. The van der Waals surface area contributed by atoms with Gasteiger partial charge in [0.05, 0.1) is 15.5 Å². The monoisotopic (exact) mass is 443 g/mol. The van der Waals surface area contributed by atoms with Crippen LogP contribution in [0.2, 0.25) is 10.0 Å². The molecule has 0 saturated carbocycles. The van der Waals surface area contributed by atoms with Crippen molar-refractivity contribution in [3.63, 3.8) is 0 Å². The first kappa shape index (κ1) is 21.3. The molecule has 0 aliphatic heterocycles. The Morgan fingerprint density at radius 1 is 0.867 bits per heavy atom. The summed E-state index contributed by atoms with van der Waals surface area (Å²) in [5.41, 5.74) is 1.94. The second-order valence-corrected chi connectivity index (χ2v) is 7.21. The maximum atomic E-state index is 12.4. The number of carbonyl (C=O) groups is 2. The fourth-order valence-corrected chi connectivity index (χ4v) is 3.21. The maximum Gasteiger partial charge on any atom is 0.272 e. The van der Waals surface area contributed by atoms with Gasteiger partial charge in [-0.1, -0.05) is 23.2 Å². The van der Waals surface area contributed by atoms with Gasteiger partial charge >= 0.3 is 0 Å². The summed E-state index contributed by atoms with van der Waals surface area (Å²) in [5, 5.41) is 17.0. The van der Waals surface area contributed by atoms with E-state index in [9.17, 15) is 19.7 Å². The summed E-state index contributed by atoms with van der Waals surface area (Å²) in [5.74, 6) is -0.799. The summed E-state index contributed by atoms with van der Waals surface area (Å²) in [6.45, 7) is 1.57. The van der Waals surface area contributed by atoms with Crippen LogP contribution in [-0.4, -0.2) is 16.7 Å². The number of nitrogens with zero attached hydrogens (tertiary/aromatic N) is 1. The molecule has 0 aromatic heterocycles. The van der Waals surface area contributed by atoms with Gasteiger partial charge in [-0.3, -0.25) is 19.7 Å². The maximum absolute atomic E-state index is 12.4. The topological polar surface area (TPSA) is 101 Å². The predicted octanol–water partition coefficient (Wildman–Crippen LogP) is 5.71. The van der Waals surface area contributed by atoms with E-state index >= 15 is 0 Å². The van der Waals surface area contributed by atoms with Crippen LogP contribution < -0.4 is 10.6 Å². The van der Waals surface area contributed by atoms with Crippen LogP contribution in [0.5, 0.6) is 0 Å². The predicted molar refractivity (Wildman–Crippen MR) is 117 cm³/mol. The van der Waals surface area contributed by atoms with Gasteiger partial charge in [0.1, 0.15) is 0 Å². The van der Waals surface area contributed by atoms with Crippen LogP contribution in [0.1, 0.15) is 26.3 Å². The van der Waals surface area contributed by atoms with Crippen LogP contribution in [0.4, 0.5) is 17.1 Å². The highest BCUT2D eigenvalue weighted by Crippen LogP contribution is 2.23. The highest BCUT2D eigenvalue weighted by molar-refractivity contribution is 6.37. The van der Waals surface area contributed by atoms with Crippen molar-refractivity contribution >= 4 is 52.1 Å². The van der Waals surface area contributed by atoms with Crippen LogP contribution in [0.25, 0.3) is 0 Å². The van der Waals surface area contributed by atoms with E-state index in [1.807, 2.05) is 0 Å². The number of hydrogen-bond acceptors (Lipinski definition) is 4. The molecule has 0 bridgehead atoms. The normalized spacial score (nSPS) is 10.4. The number of nitrogens with one attached hydrogen (secondary N) is 2. The quantitative estimate of drug-likeness (QED) is 0.389. The first-order valence-corrected chi connectivity index (χ1v) is 9.43. The van der Waals surface area contributed by atoms with Gasteiger partial charge in [0, 0.05) is 33.6 Å². The second-order valence-electron chi connectivity index (χ2n) is 6.37. The minimum atomic E-state index is -0.499. The lowest BCUT2D eigenvalue weighted by atomic mass is 10.1. The molecule has 9 heteroatoms. The number of nitro benzene ring substituents is 1. The molecule has 0 saturated heterocycles. The third-order valence-corrected chi connectivity index (χ3v) is 4.78. The van der Waals surface area contributed by atoms with Gasteiger partial charge in [0.15, 0.2) is 0 Å². The molecule has 30 heavy (non-hydrogen) atoms. The summed E-state index contributed by atoms with van der Waals surface area (Å²) in [6, 6.07) is 15.2. The first-order chi connectivity index (χ1) is 14.2. The number of hydrogen-bond donors (Lipinski definition) is 2. The van der Waals surface area contributed by atoms with Crippen LogP contribution in [-0.2, 0) is 0 Å². The summed E-state index contributed by atoms with van der Waals surface area (Å²) in [6.07, 6.45) is 0. The molecule has 152 valence electrons. The number of aryl methyl sites for hydroxylation is 1. The molecule has 0 heterocycles. The Labute approximate surface area is 181 Å². The molecule has 0 radical (unpaired) electrons. The van der Waals surface area contributed by atoms with Crippen molar-refractivity contribution in [2.75, 3.05) is 10.6 Å². The Bertz CT molecular complexity index is 1150. The van der Waals surface area contributed by atoms with Gasteiger partial charge in [-0.05, 0) is 61.5 Å². The van der Waals surface area contributed by atoms with Crippen LogP contribution >= 0.6 is 23.2 Å². The smallest absolute Gasteiger partial charge is 0.272 e. The number of carbonyl (C=O) groups excluding carboxylic acids is 2. The Hall–Kier alpha value is -3.42. The lowest BCUT2D eigenvalue weighted by molar-refractivity contribution is -0.385. The molecule has 0 atom stereocenters. The van der Waals surface area contributed by atoms with Gasteiger partial charge < -0.3 is 10.6 Å². The lowest BCUT2D eigenvalue weighted by Gasteiger charge is -2.09. The zero-order valence-corrected chi connectivity index (χ0v) is 17.1. The van der Waals surface area contributed by atoms with Gasteiger partial charge in [-0.2, -0.15) is 0 Å². The van der Waals surface area contributed by atoms with E-state index < -0.39 is 16.7 Å². The Kier molecular flexibility index (Phi) is 6.34. The zero-order valence-electron chi connectivity index (χ0n) is 15.6. The van der Waals surface area contributed by atoms with Crippen molar-refractivity contribution in [1.82, 2.24) is 0 Å².